The average Bonchev–Trinajstić information content (AvgIpc) is 2.25. The lowest BCUT2D eigenvalue weighted by atomic mass is 10.4. The molecule has 1 N–H and O–H groups in total. The normalized spacial score (nSPS) is 9.67. The molecule has 1 aromatic heterocycles. The minimum absolute atomic E-state index is 0.0669. The molecule has 0 radical (unpaired) electrons. The van der Waals surface area contributed by atoms with Crippen molar-refractivity contribution in [1.29, 1.82) is 5.26 Å². The standard InChI is InChI=1S/C9H11ClN4O/c1-2-14(5-3-4-11)8-7(10)9(15)13-6-12-8/h6H,2-3,5H2,1H3,(H,12,13,15). The summed E-state index contributed by atoms with van der Waals surface area (Å²) in [5, 5.41) is 8.55. The van der Waals surface area contributed by atoms with Crippen molar-refractivity contribution >= 4 is 17.4 Å². The van der Waals surface area contributed by atoms with Crippen molar-refractivity contribution in [3.63, 3.8) is 0 Å². The Morgan fingerprint density at radius 3 is 3.07 bits per heavy atom. The van der Waals surface area contributed by atoms with Gasteiger partial charge in [-0.3, -0.25) is 4.79 Å². The van der Waals surface area contributed by atoms with Crippen molar-refractivity contribution in [3.8, 4) is 6.07 Å². The predicted molar refractivity (Wildman–Crippen MR) is 58.0 cm³/mol. The number of aromatic amines is 1. The molecule has 0 aromatic carbocycles. The van der Waals surface area contributed by atoms with Gasteiger partial charge in [0.2, 0.25) is 0 Å². The van der Waals surface area contributed by atoms with Crippen LogP contribution in [0.1, 0.15) is 13.3 Å². The second kappa shape index (κ2) is 5.37. The monoisotopic (exact) mass is 226 g/mol. The first kappa shape index (κ1) is 11.5. The fourth-order valence-electron chi connectivity index (χ4n) is 1.19. The number of rotatable bonds is 4. The molecule has 0 atom stereocenters. The largest absolute Gasteiger partial charge is 0.354 e. The van der Waals surface area contributed by atoms with Crippen LogP contribution in [0.2, 0.25) is 5.02 Å². The van der Waals surface area contributed by atoms with E-state index in [1.54, 1.807) is 4.90 Å². The number of hydrogen-bond donors (Lipinski definition) is 1. The lowest BCUT2D eigenvalue weighted by Crippen LogP contribution is -2.27. The molecule has 80 valence electrons. The van der Waals surface area contributed by atoms with Crippen LogP contribution in [-0.4, -0.2) is 23.1 Å². The number of nitrogens with one attached hydrogen (secondary N) is 1. The van der Waals surface area contributed by atoms with Gasteiger partial charge < -0.3 is 9.88 Å². The van der Waals surface area contributed by atoms with Gasteiger partial charge in [-0.2, -0.15) is 5.26 Å². The Kier molecular flexibility index (Phi) is 4.13. The van der Waals surface area contributed by atoms with Gasteiger partial charge in [-0.25, -0.2) is 4.98 Å². The molecule has 0 unspecified atom stereocenters. The highest BCUT2D eigenvalue weighted by molar-refractivity contribution is 6.32. The van der Waals surface area contributed by atoms with E-state index in [2.05, 4.69) is 9.97 Å². The first-order chi connectivity index (χ1) is 7.20. The SMILES string of the molecule is CCN(CCC#N)c1nc[nH]c(=O)c1Cl. The van der Waals surface area contributed by atoms with E-state index >= 15 is 0 Å². The van der Waals surface area contributed by atoms with E-state index in [0.717, 1.165) is 0 Å². The molecule has 0 bridgehead atoms. The van der Waals surface area contributed by atoms with Gasteiger partial charge in [0.25, 0.3) is 5.56 Å². The van der Waals surface area contributed by atoms with Crippen molar-refractivity contribution in [2.45, 2.75) is 13.3 Å². The molecule has 1 rings (SSSR count). The third kappa shape index (κ3) is 2.70. The second-order valence-electron chi connectivity index (χ2n) is 2.86. The van der Waals surface area contributed by atoms with Gasteiger partial charge in [0.05, 0.1) is 18.8 Å². The number of aromatic nitrogens is 2. The Morgan fingerprint density at radius 2 is 2.47 bits per heavy atom. The first-order valence-electron chi connectivity index (χ1n) is 4.55. The number of H-pyrrole nitrogens is 1. The summed E-state index contributed by atoms with van der Waals surface area (Å²) < 4.78 is 0. The Morgan fingerprint density at radius 1 is 1.73 bits per heavy atom. The molecular weight excluding hydrogens is 216 g/mol. The molecule has 6 heteroatoms. The van der Waals surface area contributed by atoms with Gasteiger partial charge in [-0.15, -0.1) is 0 Å². The molecule has 0 spiro atoms. The van der Waals surface area contributed by atoms with Crippen LogP contribution in [0.25, 0.3) is 0 Å². The Hall–Kier alpha value is -1.54. The molecular formula is C9H11ClN4O. The molecule has 0 aliphatic carbocycles. The van der Waals surface area contributed by atoms with Crippen molar-refractivity contribution in [1.82, 2.24) is 9.97 Å². The zero-order valence-corrected chi connectivity index (χ0v) is 9.08. The van der Waals surface area contributed by atoms with Crippen molar-refractivity contribution < 1.29 is 0 Å². The minimum Gasteiger partial charge on any atom is -0.354 e. The molecule has 15 heavy (non-hydrogen) atoms. The third-order valence-corrected chi connectivity index (χ3v) is 2.29. The van der Waals surface area contributed by atoms with Gasteiger partial charge in [-0.1, -0.05) is 11.6 Å². The topological polar surface area (TPSA) is 72.8 Å². The summed E-state index contributed by atoms with van der Waals surface area (Å²) in [6.45, 7) is 3.08. The smallest absolute Gasteiger partial charge is 0.271 e. The highest BCUT2D eigenvalue weighted by Gasteiger charge is 2.12. The van der Waals surface area contributed by atoms with Crippen LogP contribution < -0.4 is 10.5 Å². The zero-order valence-electron chi connectivity index (χ0n) is 8.33. The quantitative estimate of drug-likeness (QED) is 0.836. The maximum Gasteiger partial charge on any atom is 0.271 e. The molecule has 0 saturated heterocycles. The summed E-state index contributed by atoms with van der Waals surface area (Å²) in [6.07, 6.45) is 1.68. The van der Waals surface area contributed by atoms with Gasteiger partial charge in [0, 0.05) is 13.1 Å². The van der Waals surface area contributed by atoms with Crippen molar-refractivity contribution in [2.24, 2.45) is 0 Å². The van der Waals surface area contributed by atoms with E-state index in [1.165, 1.54) is 6.33 Å². The maximum absolute atomic E-state index is 11.2. The Balaban J connectivity index is 2.97. The zero-order chi connectivity index (χ0) is 11.3. The van der Waals surface area contributed by atoms with Crippen LogP contribution in [0, 0.1) is 11.3 Å². The molecule has 0 fully saturated rings. The minimum atomic E-state index is -0.364. The van der Waals surface area contributed by atoms with E-state index < -0.39 is 0 Å². The third-order valence-electron chi connectivity index (χ3n) is 1.95. The summed E-state index contributed by atoms with van der Waals surface area (Å²) in [5.74, 6) is 0.429. The van der Waals surface area contributed by atoms with E-state index in [-0.39, 0.29) is 10.6 Å². The van der Waals surface area contributed by atoms with Crippen LogP contribution in [0.4, 0.5) is 5.82 Å². The van der Waals surface area contributed by atoms with Crippen LogP contribution in [-0.2, 0) is 0 Å². The fraction of sp³-hybridized carbons (Fsp3) is 0.444. The number of nitriles is 1. The Labute approximate surface area is 92.3 Å². The maximum atomic E-state index is 11.2. The number of halogens is 1. The summed E-state index contributed by atoms with van der Waals surface area (Å²) >= 11 is 5.81. The summed E-state index contributed by atoms with van der Waals surface area (Å²) in [5.41, 5.74) is -0.364. The number of nitrogens with zero attached hydrogens (tertiary/aromatic N) is 3. The first-order valence-corrected chi connectivity index (χ1v) is 4.93. The van der Waals surface area contributed by atoms with Gasteiger partial charge in [0.1, 0.15) is 5.02 Å². The lowest BCUT2D eigenvalue weighted by Gasteiger charge is -2.20. The van der Waals surface area contributed by atoms with E-state index in [9.17, 15) is 4.79 Å². The molecule has 0 saturated carbocycles. The average molecular weight is 227 g/mol. The molecule has 1 heterocycles. The number of anilines is 1. The fourth-order valence-corrected chi connectivity index (χ4v) is 1.42. The lowest BCUT2D eigenvalue weighted by molar-refractivity contribution is 0.805. The van der Waals surface area contributed by atoms with E-state index in [0.29, 0.717) is 25.3 Å². The predicted octanol–water partition coefficient (Wildman–Crippen LogP) is 1.16. The Bertz CT molecular complexity index is 423. The van der Waals surface area contributed by atoms with Gasteiger partial charge in [-0.05, 0) is 6.92 Å². The highest BCUT2D eigenvalue weighted by Crippen LogP contribution is 2.17. The molecule has 0 aliphatic rings. The van der Waals surface area contributed by atoms with Crippen molar-refractivity contribution in [3.05, 3.63) is 21.7 Å². The van der Waals surface area contributed by atoms with Crippen LogP contribution in [0.3, 0.4) is 0 Å². The van der Waals surface area contributed by atoms with Gasteiger partial charge in [0.15, 0.2) is 5.82 Å². The van der Waals surface area contributed by atoms with Crippen LogP contribution in [0.5, 0.6) is 0 Å². The van der Waals surface area contributed by atoms with Crippen LogP contribution >= 0.6 is 11.6 Å². The van der Waals surface area contributed by atoms with E-state index in [1.807, 2.05) is 13.0 Å². The summed E-state index contributed by atoms with van der Waals surface area (Å²) in [7, 11) is 0. The number of hydrogen-bond acceptors (Lipinski definition) is 4. The molecule has 1 aromatic rings. The van der Waals surface area contributed by atoms with Crippen molar-refractivity contribution in [2.75, 3.05) is 18.0 Å². The summed E-state index contributed by atoms with van der Waals surface area (Å²) in [6, 6.07) is 2.04. The second-order valence-corrected chi connectivity index (χ2v) is 3.23. The molecule has 5 nitrogen and oxygen atoms in total. The molecule has 0 amide bonds. The van der Waals surface area contributed by atoms with Crippen LogP contribution in [0.15, 0.2) is 11.1 Å². The summed E-state index contributed by atoms with van der Waals surface area (Å²) in [4.78, 5) is 19.4. The van der Waals surface area contributed by atoms with E-state index in [4.69, 9.17) is 16.9 Å². The molecule has 0 aliphatic heterocycles. The highest BCUT2D eigenvalue weighted by atomic mass is 35.5. The van der Waals surface area contributed by atoms with Gasteiger partial charge >= 0.3 is 0 Å².